The van der Waals surface area contributed by atoms with Gasteiger partial charge in [-0.25, -0.2) is 4.68 Å². The van der Waals surface area contributed by atoms with Crippen molar-refractivity contribution < 1.29 is 13.2 Å². The molecule has 1 aromatic heterocycles. The Morgan fingerprint density at radius 1 is 1.35 bits per heavy atom. The van der Waals surface area contributed by atoms with Crippen LogP contribution in [0.2, 0.25) is 0 Å². The van der Waals surface area contributed by atoms with E-state index in [0.717, 1.165) is 18.6 Å². The second kappa shape index (κ2) is 5.55. The molecular formula is C13H13BrF3N3. The van der Waals surface area contributed by atoms with E-state index in [2.05, 4.69) is 26.2 Å². The molecule has 20 heavy (non-hydrogen) atoms. The van der Waals surface area contributed by atoms with Crippen LogP contribution in [0.15, 0.2) is 24.4 Å². The number of aromatic nitrogens is 3. The van der Waals surface area contributed by atoms with Gasteiger partial charge in [0.05, 0.1) is 28.0 Å². The van der Waals surface area contributed by atoms with E-state index in [1.165, 1.54) is 10.7 Å². The van der Waals surface area contributed by atoms with Crippen LogP contribution in [0.1, 0.15) is 35.0 Å². The molecule has 108 valence electrons. The second-order valence-corrected chi connectivity index (χ2v) is 5.57. The van der Waals surface area contributed by atoms with Gasteiger partial charge in [0.25, 0.3) is 0 Å². The highest BCUT2D eigenvalue weighted by molar-refractivity contribution is 9.09. The van der Waals surface area contributed by atoms with Crippen LogP contribution < -0.4 is 0 Å². The fourth-order valence-corrected chi connectivity index (χ4v) is 1.99. The van der Waals surface area contributed by atoms with E-state index in [1.54, 1.807) is 13.1 Å². The summed E-state index contributed by atoms with van der Waals surface area (Å²) in [6.07, 6.45) is -1.90. The van der Waals surface area contributed by atoms with Gasteiger partial charge in [0.2, 0.25) is 0 Å². The molecule has 0 amide bonds. The van der Waals surface area contributed by atoms with Crippen LogP contribution in [0.4, 0.5) is 13.2 Å². The van der Waals surface area contributed by atoms with Crippen LogP contribution in [0, 0.1) is 6.92 Å². The van der Waals surface area contributed by atoms with E-state index in [0.29, 0.717) is 16.9 Å². The van der Waals surface area contributed by atoms with E-state index in [4.69, 9.17) is 0 Å². The number of nitrogens with zero attached hydrogens (tertiary/aromatic N) is 3. The predicted octanol–water partition coefficient (Wildman–Crippen LogP) is 4.44. The first-order valence-electron chi connectivity index (χ1n) is 6.07. The summed E-state index contributed by atoms with van der Waals surface area (Å²) in [5.41, 5.74) is 1.09. The molecule has 1 aromatic carbocycles. The molecule has 1 atom stereocenters. The number of hydrogen-bond donors (Lipinski definition) is 0. The Hall–Kier alpha value is -1.37. The van der Waals surface area contributed by atoms with Gasteiger partial charge in [-0.15, -0.1) is 5.10 Å². The van der Waals surface area contributed by atoms with Crippen LogP contribution in [0.3, 0.4) is 0 Å². The molecule has 2 aromatic rings. The van der Waals surface area contributed by atoms with Crippen molar-refractivity contribution in [3.8, 4) is 5.69 Å². The Kier molecular flexibility index (Phi) is 4.17. The Balaban J connectivity index is 2.44. The van der Waals surface area contributed by atoms with E-state index >= 15 is 0 Å². The molecule has 1 unspecified atom stereocenters. The van der Waals surface area contributed by atoms with Crippen molar-refractivity contribution in [3.05, 3.63) is 41.2 Å². The van der Waals surface area contributed by atoms with Gasteiger partial charge in [-0.3, -0.25) is 0 Å². The van der Waals surface area contributed by atoms with Crippen molar-refractivity contribution in [3.63, 3.8) is 0 Å². The van der Waals surface area contributed by atoms with Crippen LogP contribution in [-0.2, 0) is 6.18 Å². The third-order valence-electron chi connectivity index (χ3n) is 2.97. The zero-order valence-corrected chi connectivity index (χ0v) is 12.5. The molecule has 0 aliphatic rings. The molecule has 0 saturated carbocycles. The molecule has 0 bridgehead atoms. The highest BCUT2D eigenvalue weighted by Crippen LogP contribution is 2.32. The number of benzene rings is 1. The van der Waals surface area contributed by atoms with Crippen molar-refractivity contribution in [1.82, 2.24) is 15.0 Å². The van der Waals surface area contributed by atoms with Gasteiger partial charge in [-0.2, -0.15) is 13.2 Å². The fraction of sp³-hybridized carbons (Fsp3) is 0.385. The minimum Gasteiger partial charge on any atom is -0.220 e. The summed E-state index contributed by atoms with van der Waals surface area (Å²) < 4.78 is 39.6. The molecule has 0 aliphatic heterocycles. The van der Waals surface area contributed by atoms with E-state index < -0.39 is 11.7 Å². The molecule has 3 nitrogen and oxygen atoms in total. The highest BCUT2D eigenvalue weighted by Gasteiger charge is 2.31. The van der Waals surface area contributed by atoms with Crippen LogP contribution in [0.25, 0.3) is 5.69 Å². The lowest BCUT2D eigenvalue weighted by atomic mass is 10.1. The lowest BCUT2D eigenvalue weighted by molar-refractivity contribution is -0.137. The van der Waals surface area contributed by atoms with E-state index in [1.807, 2.05) is 6.92 Å². The molecule has 2 rings (SSSR count). The minimum absolute atomic E-state index is 0.0438. The first-order chi connectivity index (χ1) is 9.32. The minimum atomic E-state index is -4.37. The zero-order valence-electron chi connectivity index (χ0n) is 10.9. The molecule has 0 N–H and O–H groups in total. The molecule has 0 aliphatic carbocycles. The SMILES string of the molecule is CCC(Br)c1cn(-c2cc(C(F)(F)F)ccc2C)nn1. The van der Waals surface area contributed by atoms with Crippen LogP contribution >= 0.6 is 15.9 Å². The Bertz CT molecular complexity index is 607. The number of alkyl halides is 4. The largest absolute Gasteiger partial charge is 0.416 e. The van der Waals surface area contributed by atoms with Gasteiger partial charge in [0.1, 0.15) is 0 Å². The number of halogens is 4. The van der Waals surface area contributed by atoms with Gasteiger partial charge in [0.15, 0.2) is 0 Å². The summed E-state index contributed by atoms with van der Waals surface area (Å²) in [7, 11) is 0. The van der Waals surface area contributed by atoms with Crippen molar-refractivity contribution in [1.29, 1.82) is 0 Å². The lowest BCUT2D eigenvalue weighted by Crippen LogP contribution is -2.07. The number of aryl methyl sites for hydroxylation is 1. The van der Waals surface area contributed by atoms with Crippen molar-refractivity contribution in [2.24, 2.45) is 0 Å². The second-order valence-electron chi connectivity index (χ2n) is 4.46. The molecular weight excluding hydrogens is 335 g/mol. The fourth-order valence-electron chi connectivity index (χ4n) is 1.78. The van der Waals surface area contributed by atoms with E-state index in [9.17, 15) is 13.2 Å². The topological polar surface area (TPSA) is 30.7 Å². The maximum absolute atomic E-state index is 12.8. The highest BCUT2D eigenvalue weighted by atomic mass is 79.9. The third kappa shape index (κ3) is 3.03. The number of rotatable bonds is 3. The summed E-state index contributed by atoms with van der Waals surface area (Å²) >= 11 is 3.44. The monoisotopic (exact) mass is 347 g/mol. The average molecular weight is 348 g/mol. The van der Waals surface area contributed by atoms with Gasteiger partial charge < -0.3 is 0 Å². The van der Waals surface area contributed by atoms with E-state index in [-0.39, 0.29) is 4.83 Å². The maximum atomic E-state index is 12.8. The Labute approximate surface area is 122 Å². The summed E-state index contributed by atoms with van der Waals surface area (Å²) in [4.78, 5) is 0.0438. The first-order valence-corrected chi connectivity index (χ1v) is 6.99. The van der Waals surface area contributed by atoms with Gasteiger partial charge >= 0.3 is 6.18 Å². The lowest BCUT2D eigenvalue weighted by Gasteiger charge is -2.10. The summed E-state index contributed by atoms with van der Waals surface area (Å²) in [6.45, 7) is 3.72. The number of hydrogen-bond acceptors (Lipinski definition) is 2. The summed E-state index contributed by atoms with van der Waals surface area (Å²) in [5.74, 6) is 0. The third-order valence-corrected chi connectivity index (χ3v) is 4.09. The van der Waals surface area contributed by atoms with Gasteiger partial charge in [-0.05, 0) is 31.0 Å². The summed E-state index contributed by atoms with van der Waals surface area (Å²) in [5, 5.41) is 7.89. The standard InChI is InChI=1S/C13H13BrF3N3/c1-3-10(14)11-7-20(19-18-11)12-6-9(13(15,16)17)5-4-8(12)2/h4-7,10H,3H2,1-2H3. The smallest absolute Gasteiger partial charge is 0.220 e. The molecule has 0 radical (unpaired) electrons. The average Bonchev–Trinajstić information content (AvgIpc) is 2.86. The molecule has 7 heteroatoms. The molecule has 1 heterocycles. The quantitative estimate of drug-likeness (QED) is 0.768. The summed E-state index contributed by atoms with van der Waals surface area (Å²) in [6, 6.07) is 3.59. The first kappa shape index (κ1) is 15.0. The van der Waals surface area contributed by atoms with Crippen LogP contribution in [-0.4, -0.2) is 15.0 Å². The molecule has 0 fully saturated rings. The molecule has 0 spiro atoms. The van der Waals surface area contributed by atoms with Crippen molar-refractivity contribution in [2.45, 2.75) is 31.3 Å². The van der Waals surface area contributed by atoms with Crippen molar-refractivity contribution in [2.75, 3.05) is 0 Å². The molecule has 0 saturated heterocycles. The van der Waals surface area contributed by atoms with Gasteiger partial charge in [0, 0.05) is 0 Å². The van der Waals surface area contributed by atoms with Crippen molar-refractivity contribution >= 4 is 15.9 Å². The normalized spacial score (nSPS) is 13.5. The zero-order chi connectivity index (χ0) is 14.9. The predicted molar refractivity (Wildman–Crippen MR) is 73.1 cm³/mol. The van der Waals surface area contributed by atoms with Crippen LogP contribution in [0.5, 0.6) is 0 Å². The van der Waals surface area contributed by atoms with Gasteiger partial charge in [-0.1, -0.05) is 34.1 Å². The maximum Gasteiger partial charge on any atom is 0.416 e. The Morgan fingerprint density at radius 2 is 2.05 bits per heavy atom. The Morgan fingerprint density at radius 3 is 2.65 bits per heavy atom.